The van der Waals surface area contributed by atoms with E-state index in [0.29, 0.717) is 32.6 Å². The Balaban J connectivity index is 1.77. The van der Waals surface area contributed by atoms with Crippen LogP contribution in [-0.4, -0.2) is 48.0 Å². The number of aromatic nitrogens is 1. The van der Waals surface area contributed by atoms with Crippen molar-refractivity contribution in [2.45, 2.75) is 39.3 Å². The highest BCUT2D eigenvalue weighted by molar-refractivity contribution is 7.87. The minimum absolute atomic E-state index is 0.0415. The van der Waals surface area contributed by atoms with Gasteiger partial charge in [-0.25, -0.2) is 4.79 Å². The van der Waals surface area contributed by atoms with Crippen molar-refractivity contribution in [3.8, 4) is 5.75 Å². The lowest BCUT2D eigenvalue weighted by Gasteiger charge is -2.35. The van der Waals surface area contributed by atoms with Crippen molar-refractivity contribution in [2.75, 3.05) is 13.7 Å². The summed E-state index contributed by atoms with van der Waals surface area (Å²) in [5.41, 5.74) is 5.26. The molecule has 1 saturated carbocycles. The number of rotatable bonds is 7. The van der Waals surface area contributed by atoms with E-state index < -0.39 is 22.4 Å². The van der Waals surface area contributed by atoms with Crippen LogP contribution in [0.15, 0.2) is 30.6 Å². The van der Waals surface area contributed by atoms with Gasteiger partial charge in [0.15, 0.2) is 0 Å². The predicted octanol–water partition coefficient (Wildman–Crippen LogP) is 4.72. The van der Waals surface area contributed by atoms with Gasteiger partial charge in [-0.1, -0.05) is 27.6 Å². The molecule has 1 amide bonds. The number of amides is 1. The maximum Gasteiger partial charge on any atom is 0.424 e. The Kier molecular flexibility index (Phi) is 7.46. The Morgan fingerprint density at radius 1 is 1.29 bits per heavy atom. The quantitative estimate of drug-likeness (QED) is 0.542. The maximum absolute atomic E-state index is 13.7. The number of hydrogen-bond acceptors (Lipinski definition) is 7. The Morgan fingerprint density at radius 3 is 2.57 bits per heavy atom. The molecule has 1 aromatic heterocycles. The van der Waals surface area contributed by atoms with Crippen molar-refractivity contribution in [3.63, 3.8) is 0 Å². The van der Waals surface area contributed by atoms with Crippen LogP contribution in [0.5, 0.6) is 5.75 Å². The number of nitrogens with one attached hydrogen (secondary N) is 1. The van der Waals surface area contributed by atoms with Crippen molar-refractivity contribution >= 4 is 51.3 Å². The smallest absolute Gasteiger partial charge is 0.424 e. The van der Waals surface area contributed by atoms with Crippen LogP contribution in [0.2, 0.25) is 10.0 Å². The van der Waals surface area contributed by atoms with E-state index in [9.17, 15) is 13.2 Å². The fourth-order valence-corrected chi connectivity index (χ4v) is 5.47. The number of pyridine rings is 1. The lowest BCUT2D eigenvalue weighted by atomic mass is 10.0. The van der Waals surface area contributed by atoms with E-state index in [1.54, 1.807) is 32.1 Å². The zero-order chi connectivity index (χ0) is 25.3. The molecule has 12 heteroatoms. The minimum Gasteiger partial charge on any atom is -0.497 e. The van der Waals surface area contributed by atoms with Gasteiger partial charge in [-0.15, -0.1) is 0 Å². The summed E-state index contributed by atoms with van der Waals surface area (Å²) in [6, 6.07) is 5.34. The largest absolute Gasteiger partial charge is 0.497 e. The second kappa shape index (κ2) is 10.2. The zero-order valence-corrected chi connectivity index (χ0v) is 21.8. The van der Waals surface area contributed by atoms with Crippen LogP contribution in [-0.2, 0) is 21.5 Å². The molecule has 0 spiro atoms. The molecule has 2 aromatic rings. The highest BCUT2D eigenvalue weighted by Gasteiger charge is 2.41. The van der Waals surface area contributed by atoms with Crippen LogP contribution in [0.25, 0.3) is 11.8 Å². The number of methoxy groups -OCH3 is 1. The Morgan fingerprint density at radius 2 is 1.97 bits per heavy atom. The van der Waals surface area contributed by atoms with Gasteiger partial charge in [-0.3, -0.25) is 4.98 Å². The molecule has 9 nitrogen and oxygen atoms in total. The lowest BCUT2D eigenvalue weighted by molar-refractivity contribution is 0.0936. The molecule has 1 aliphatic carbocycles. The summed E-state index contributed by atoms with van der Waals surface area (Å²) in [5, 5.41) is 0.607. The van der Waals surface area contributed by atoms with Crippen molar-refractivity contribution in [3.05, 3.63) is 57.3 Å². The summed E-state index contributed by atoms with van der Waals surface area (Å²) in [6.07, 6.45) is 4.89. The fourth-order valence-electron chi connectivity index (χ4n) is 3.61. The molecule has 2 aliphatic rings. The van der Waals surface area contributed by atoms with Gasteiger partial charge < -0.3 is 14.9 Å². The zero-order valence-electron chi connectivity index (χ0n) is 19.5. The number of carbonyl (C=O) groups excluding carboxylic acids is 1. The summed E-state index contributed by atoms with van der Waals surface area (Å²) in [4.78, 5) is 16.8. The van der Waals surface area contributed by atoms with Gasteiger partial charge in [-0.05, 0) is 62.4 Å². The van der Waals surface area contributed by atoms with Gasteiger partial charge in [0.05, 0.1) is 35.5 Å². The normalized spacial score (nSPS) is 17.1. The molecular weight excluding hydrogens is 515 g/mol. The van der Waals surface area contributed by atoms with Crippen LogP contribution < -0.4 is 10.2 Å². The first-order chi connectivity index (χ1) is 16.6. The molecule has 35 heavy (non-hydrogen) atoms. The average molecular weight is 541 g/mol. The predicted molar refractivity (Wildman–Crippen MR) is 134 cm³/mol. The molecule has 0 saturated heterocycles. The molecule has 0 radical (unpaired) electrons. The molecule has 1 aromatic carbocycles. The van der Waals surface area contributed by atoms with E-state index in [4.69, 9.17) is 32.7 Å². The third kappa shape index (κ3) is 5.66. The molecule has 188 valence electrons. The molecule has 2 heterocycles. The number of benzene rings is 1. The first kappa shape index (κ1) is 25.6. The maximum atomic E-state index is 13.7. The molecule has 0 unspecified atom stereocenters. The van der Waals surface area contributed by atoms with Crippen molar-refractivity contribution in [1.82, 2.24) is 19.1 Å². The molecule has 4 rings (SSSR count). The Bertz CT molecular complexity index is 1240. The van der Waals surface area contributed by atoms with Crippen molar-refractivity contribution in [1.29, 1.82) is 0 Å². The summed E-state index contributed by atoms with van der Waals surface area (Å²) in [5.74, 6) is 0.683. The summed E-state index contributed by atoms with van der Waals surface area (Å²) in [7, 11) is -2.78. The molecule has 1 fully saturated rings. The second-order valence-corrected chi connectivity index (χ2v) is 11.2. The number of ether oxygens (including phenoxy) is 2. The summed E-state index contributed by atoms with van der Waals surface area (Å²) < 4.78 is 39.9. The van der Waals surface area contributed by atoms with Crippen LogP contribution in [0.1, 0.15) is 43.4 Å². The Hall–Kier alpha value is -2.53. The molecule has 1 N–H and O–H groups in total. The van der Waals surface area contributed by atoms with Crippen molar-refractivity contribution in [2.24, 2.45) is 5.92 Å². The highest BCUT2D eigenvalue weighted by atomic mass is 35.5. The SMILES string of the molecule is COc1ccc2c(c1)CN(S(=O)(=O)N(CC1CC1)C(=O)OC(C)C)NC2=Cc1c(Cl)cncc1Cl. The second-order valence-electron chi connectivity index (χ2n) is 8.63. The number of carbonyl (C=O) groups is 1. The number of hydrogen-bond donors (Lipinski definition) is 1. The third-order valence-corrected chi connectivity index (χ3v) is 7.79. The monoisotopic (exact) mass is 540 g/mol. The molecule has 0 bridgehead atoms. The average Bonchev–Trinajstić information content (AvgIpc) is 3.63. The number of nitrogens with zero attached hydrogens (tertiary/aromatic N) is 3. The molecule has 1 aliphatic heterocycles. The van der Waals surface area contributed by atoms with Crippen LogP contribution >= 0.6 is 23.2 Å². The summed E-state index contributed by atoms with van der Waals surface area (Å²) >= 11 is 12.6. The van der Waals surface area contributed by atoms with Gasteiger partial charge in [0.25, 0.3) is 0 Å². The third-order valence-electron chi connectivity index (χ3n) is 5.56. The number of hydrazine groups is 1. The molecule has 0 atom stereocenters. The van der Waals surface area contributed by atoms with E-state index in [2.05, 4.69) is 10.4 Å². The van der Waals surface area contributed by atoms with Gasteiger partial charge in [0, 0.05) is 30.1 Å². The van der Waals surface area contributed by atoms with Gasteiger partial charge in [-0.2, -0.15) is 12.7 Å². The highest BCUT2D eigenvalue weighted by Crippen LogP contribution is 2.35. The van der Waals surface area contributed by atoms with Crippen LogP contribution in [0, 0.1) is 5.92 Å². The fraction of sp³-hybridized carbons (Fsp3) is 0.391. The van der Waals surface area contributed by atoms with E-state index in [1.165, 1.54) is 19.5 Å². The van der Waals surface area contributed by atoms with Crippen LogP contribution in [0.3, 0.4) is 0 Å². The number of fused-ring (bicyclic) bond motifs is 1. The summed E-state index contributed by atoms with van der Waals surface area (Å²) in [6.45, 7) is 3.35. The van der Waals surface area contributed by atoms with E-state index in [0.717, 1.165) is 27.1 Å². The van der Waals surface area contributed by atoms with E-state index >= 15 is 0 Å². The minimum atomic E-state index is -4.31. The lowest BCUT2D eigenvalue weighted by Crippen LogP contribution is -2.53. The van der Waals surface area contributed by atoms with Gasteiger partial charge >= 0.3 is 16.3 Å². The molecular formula is C23H26Cl2N4O5S. The van der Waals surface area contributed by atoms with Gasteiger partial charge in [0.2, 0.25) is 0 Å². The van der Waals surface area contributed by atoms with Crippen molar-refractivity contribution < 1.29 is 22.7 Å². The van der Waals surface area contributed by atoms with Gasteiger partial charge in [0.1, 0.15) is 5.75 Å². The van der Waals surface area contributed by atoms with E-state index in [-0.39, 0.29) is 19.0 Å². The first-order valence-corrected chi connectivity index (χ1v) is 13.2. The topological polar surface area (TPSA) is 101 Å². The van der Waals surface area contributed by atoms with E-state index in [1.807, 2.05) is 6.07 Å². The Labute approximate surface area is 214 Å². The first-order valence-electron chi connectivity index (χ1n) is 11.1. The van der Waals surface area contributed by atoms with Crippen LogP contribution in [0.4, 0.5) is 4.79 Å². The standard InChI is InChI=1S/C23H26Cl2N4O5S/c1-14(2)34-23(30)28(12-15-4-5-15)35(31,32)29-13-16-8-17(33-3)6-7-18(16)22(27-29)9-19-20(24)10-26-11-21(19)25/h6-11,14-15,27H,4-5,12-13H2,1-3H3. The number of halogens is 2.